The van der Waals surface area contributed by atoms with Crippen molar-refractivity contribution in [3.8, 4) is 0 Å². The lowest BCUT2D eigenvalue weighted by Crippen LogP contribution is -2.02. The summed E-state index contributed by atoms with van der Waals surface area (Å²) in [5.41, 5.74) is 1.67. The van der Waals surface area contributed by atoms with Gasteiger partial charge in [0, 0.05) is 11.1 Å². The number of aliphatic hydroxyl groups excluding tert-OH is 1. The average molecular weight is 285 g/mol. The third kappa shape index (κ3) is 2.03. The van der Waals surface area contributed by atoms with Crippen LogP contribution >= 0.6 is 15.9 Å². The van der Waals surface area contributed by atoms with Crippen LogP contribution in [0.4, 0.5) is 4.39 Å². The fourth-order valence-electron chi connectivity index (χ4n) is 1.54. The van der Waals surface area contributed by atoms with E-state index in [0.29, 0.717) is 10.2 Å². The van der Waals surface area contributed by atoms with Crippen LogP contribution in [-0.4, -0.2) is 5.11 Å². The Morgan fingerprint density at radius 2 is 2.06 bits per heavy atom. The van der Waals surface area contributed by atoms with Gasteiger partial charge in [-0.25, -0.2) is 4.39 Å². The van der Waals surface area contributed by atoms with E-state index < -0.39 is 11.9 Å². The van der Waals surface area contributed by atoms with Crippen LogP contribution in [0.3, 0.4) is 0 Å². The van der Waals surface area contributed by atoms with Gasteiger partial charge in [0.1, 0.15) is 11.9 Å². The molecule has 0 saturated heterocycles. The molecule has 2 aromatic rings. The number of furan rings is 1. The second-order valence-corrected chi connectivity index (χ2v) is 4.30. The molecule has 1 heterocycles. The van der Waals surface area contributed by atoms with E-state index in [2.05, 4.69) is 15.9 Å². The Labute approximate surface area is 101 Å². The molecule has 0 fully saturated rings. The zero-order valence-corrected chi connectivity index (χ0v) is 10.2. The normalized spacial score (nSPS) is 12.8. The molecule has 0 aliphatic rings. The smallest absolute Gasteiger partial charge is 0.175 e. The van der Waals surface area contributed by atoms with E-state index in [1.807, 2.05) is 6.92 Å². The Morgan fingerprint density at radius 3 is 2.69 bits per heavy atom. The van der Waals surface area contributed by atoms with E-state index in [0.717, 1.165) is 5.56 Å². The molecule has 0 aliphatic heterocycles. The van der Waals surface area contributed by atoms with Crippen molar-refractivity contribution in [2.75, 3.05) is 0 Å². The maximum atomic E-state index is 13.5. The fraction of sp³-hybridized carbons (Fsp3) is 0.167. The number of rotatable bonds is 2. The fourth-order valence-corrected chi connectivity index (χ4v) is 2.00. The van der Waals surface area contributed by atoms with Crippen molar-refractivity contribution in [1.82, 2.24) is 0 Å². The molecule has 4 heteroatoms. The van der Waals surface area contributed by atoms with Crippen LogP contribution in [0.15, 0.2) is 39.6 Å². The molecule has 84 valence electrons. The van der Waals surface area contributed by atoms with Gasteiger partial charge in [-0.2, -0.15) is 0 Å². The highest BCUT2D eigenvalue weighted by atomic mass is 79.9. The number of benzene rings is 1. The molecule has 0 amide bonds. The quantitative estimate of drug-likeness (QED) is 0.915. The minimum absolute atomic E-state index is 0.252. The molecule has 0 bridgehead atoms. The molecule has 2 nitrogen and oxygen atoms in total. The maximum Gasteiger partial charge on any atom is 0.175 e. The monoisotopic (exact) mass is 284 g/mol. The standard InChI is InChI=1S/C12H10BrFO2/c1-7-2-3-10(14)9(6-7)11(15)8-4-5-16-12(8)13/h2-6,11,15H,1H3. The second kappa shape index (κ2) is 4.39. The van der Waals surface area contributed by atoms with Crippen LogP contribution in [0.25, 0.3) is 0 Å². The number of hydrogen-bond donors (Lipinski definition) is 1. The molecular formula is C12H10BrFO2. The third-order valence-corrected chi connectivity index (χ3v) is 3.03. The lowest BCUT2D eigenvalue weighted by atomic mass is 10.0. The highest BCUT2D eigenvalue weighted by Crippen LogP contribution is 2.31. The SMILES string of the molecule is Cc1ccc(F)c(C(O)c2ccoc2Br)c1. The van der Waals surface area contributed by atoms with E-state index in [-0.39, 0.29) is 5.56 Å². The van der Waals surface area contributed by atoms with Gasteiger partial charge in [-0.1, -0.05) is 17.7 Å². The van der Waals surface area contributed by atoms with Crippen molar-refractivity contribution >= 4 is 15.9 Å². The lowest BCUT2D eigenvalue weighted by Gasteiger charge is -2.11. The summed E-state index contributed by atoms with van der Waals surface area (Å²) < 4.78 is 19.0. The van der Waals surface area contributed by atoms with Gasteiger partial charge in [0.15, 0.2) is 4.67 Å². The van der Waals surface area contributed by atoms with Crippen LogP contribution in [-0.2, 0) is 0 Å². The first kappa shape index (κ1) is 11.4. The van der Waals surface area contributed by atoms with Gasteiger partial charge in [0.2, 0.25) is 0 Å². The molecule has 0 aliphatic carbocycles. The summed E-state index contributed by atoms with van der Waals surface area (Å²) in [7, 11) is 0. The predicted molar refractivity (Wildman–Crippen MR) is 61.6 cm³/mol. The molecular weight excluding hydrogens is 275 g/mol. The molecule has 0 saturated carbocycles. The molecule has 1 atom stereocenters. The largest absolute Gasteiger partial charge is 0.457 e. The Kier molecular flexibility index (Phi) is 3.12. The molecule has 0 radical (unpaired) electrons. The van der Waals surface area contributed by atoms with E-state index in [9.17, 15) is 9.50 Å². The van der Waals surface area contributed by atoms with Gasteiger partial charge >= 0.3 is 0 Å². The zero-order valence-electron chi connectivity index (χ0n) is 8.58. The van der Waals surface area contributed by atoms with Crippen molar-refractivity contribution in [3.63, 3.8) is 0 Å². The highest BCUT2D eigenvalue weighted by Gasteiger charge is 2.19. The number of hydrogen-bond acceptors (Lipinski definition) is 2. The summed E-state index contributed by atoms with van der Waals surface area (Å²) in [4.78, 5) is 0. The van der Waals surface area contributed by atoms with Gasteiger partial charge in [-0.05, 0) is 35.0 Å². The number of aryl methyl sites for hydroxylation is 1. The van der Waals surface area contributed by atoms with Crippen LogP contribution in [0.2, 0.25) is 0 Å². The molecule has 1 N–H and O–H groups in total. The van der Waals surface area contributed by atoms with E-state index >= 15 is 0 Å². The van der Waals surface area contributed by atoms with Crippen molar-refractivity contribution in [2.24, 2.45) is 0 Å². The van der Waals surface area contributed by atoms with Gasteiger partial charge < -0.3 is 9.52 Å². The average Bonchev–Trinajstić information content (AvgIpc) is 2.67. The van der Waals surface area contributed by atoms with Crippen LogP contribution in [0.5, 0.6) is 0 Å². The van der Waals surface area contributed by atoms with Crippen LogP contribution < -0.4 is 0 Å². The molecule has 1 aromatic heterocycles. The van der Waals surface area contributed by atoms with Gasteiger partial charge in [0.25, 0.3) is 0 Å². The highest BCUT2D eigenvalue weighted by molar-refractivity contribution is 9.10. The van der Waals surface area contributed by atoms with Crippen LogP contribution in [0, 0.1) is 12.7 Å². The molecule has 2 rings (SSSR count). The Hall–Kier alpha value is -1.13. The Bertz CT molecular complexity index is 507. The lowest BCUT2D eigenvalue weighted by molar-refractivity contribution is 0.212. The van der Waals surface area contributed by atoms with Crippen molar-refractivity contribution in [1.29, 1.82) is 0 Å². The third-order valence-electron chi connectivity index (χ3n) is 2.39. The molecule has 1 unspecified atom stereocenters. The van der Waals surface area contributed by atoms with Crippen LogP contribution in [0.1, 0.15) is 22.8 Å². The van der Waals surface area contributed by atoms with E-state index in [1.165, 1.54) is 12.3 Å². The molecule has 1 aromatic carbocycles. The Morgan fingerprint density at radius 1 is 1.31 bits per heavy atom. The van der Waals surface area contributed by atoms with Gasteiger partial charge in [-0.3, -0.25) is 0 Å². The first-order valence-electron chi connectivity index (χ1n) is 4.76. The van der Waals surface area contributed by atoms with Crippen molar-refractivity contribution < 1.29 is 13.9 Å². The second-order valence-electron chi connectivity index (χ2n) is 3.58. The first-order valence-corrected chi connectivity index (χ1v) is 5.56. The minimum atomic E-state index is -1.02. The van der Waals surface area contributed by atoms with Crippen molar-refractivity contribution in [3.05, 3.63) is 57.7 Å². The first-order chi connectivity index (χ1) is 7.59. The zero-order chi connectivity index (χ0) is 11.7. The summed E-state index contributed by atoms with van der Waals surface area (Å²) in [6.07, 6.45) is 0.420. The summed E-state index contributed by atoms with van der Waals surface area (Å²) in [6, 6.07) is 6.24. The number of aliphatic hydroxyl groups is 1. The topological polar surface area (TPSA) is 33.4 Å². The molecule has 0 spiro atoms. The maximum absolute atomic E-state index is 13.5. The number of halogens is 2. The summed E-state index contributed by atoms with van der Waals surface area (Å²) in [5.74, 6) is -0.425. The summed E-state index contributed by atoms with van der Waals surface area (Å²) in [6.45, 7) is 1.85. The summed E-state index contributed by atoms with van der Waals surface area (Å²) in [5, 5.41) is 10.0. The minimum Gasteiger partial charge on any atom is -0.457 e. The predicted octanol–water partition coefficient (Wildman–Crippen LogP) is 3.57. The molecule has 16 heavy (non-hydrogen) atoms. The van der Waals surface area contributed by atoms with E-state index in [4.69, 9.17) is 4.42 Å². The van der Waals surface area contributed by atoms with Gasteiger partial charge in [0.05, 0.1) is 6.26 Å². The Balaban J connectivity index is 2.45. The van der Waals surface area contributed by atoms with Crippen molar-refractivity contribution in [2.45, 2.75) is 13.0 Å². The summed E-state index contributed by atoms with van der Waals surface area (Å²) >= 11 is 3.16. The van der Waals surface area contributed by atoms with E-state index in [1.54, 1.807) is 18.2 Å². The van der Waals surface area contributed by atoms with Gasteiger partial charge in [-0.15, -0.1) is 0 Å².